The Bertz CT molecular complexity index is 797. The van der Waals surface area contributed by atoms with Gasteiger partial charge in [0.15, 0.2) is 0 Å². The van der Waals surface area contributed by atoms with Crippen molar-refractivity contribution in [2.24, 2.45) is 0 Å². The van der Waals surface area contributed by atoms with Gasteiger partial charge in [-0.1, -0.05) is 30.7 Å². The first-order valence-corrected chi connectivity index (χ1v) is 8.82. The van der Waals surface area contributed by atoms with E-state index in [1.54, 1.807) is 0 Å². The minimum absolute atomic E-state index is 0.764. The summed E-state index contributed by atoms with van der Waals surface area (Å²) in [5.41, 5.74) is 3.67. The van der Waals surface area contributed by atoms with Gasteiger partial charge in [0.25, 0.3) is 0 Å². The highest BCUT2D eigenvalue weighted by Crippen LogP contribution is 2.22. The van der Waals surface area contributed by atoms with E-state index < -0.39 is 0 Å². The average Bonchev–Trinajstić information content (AvgIpc) is 2.99. The summed E-state index contributed by atoms with van der Waals surface area (Å²) in [5, 5.41) is 5.49. The Kier molecular flexibility index (Phi) is 5.78. The van der Waals surface area contributed by atoms with Crippen LogP contribution in [0.4, 0.5) is 0 Å². The lowest BCUT2D eigenvalue weighted by molar-refractivity contribution is 0.317. The summed E-state index contributed by atoms with van der Waals surface area (Å²) >= 11 is 6.10. The first-order chi connectivity index (χ1) is 11.8. The van der Waals surface area contributed by atoms with Crippen LogP contribution in [-0.4, -0.2) is 18.1 Å². The number of fused-ring (bicyclic) bond motifs is 1. The van der Waals surface area contributed by atoms with Gasteiger partial charge in [0.05, 0.1) is 6.61 Å². The van der Waals surface area contributed by atoms with E-state index in [4.69, 9.17) is 16.3 Å². The Balaban J connectivity index is 1.52. The normalized spacial score (nSPS) is 11.1. The lowest BCUT2D eigenvalue weighted by Crippen LogP contribution is -2.16. The minimum Gasteiger partial charge on any atom is -0.494 e. The van der Waals surface area contributed by atoms with E-state index in [1.165, 1.54) is 16.5 Å². The van der Waals surface area contributed by atoms with E-state index >= 15 is 0 Å². The molecule has 0 aliphatic rings. The van der Waals surface area contributed by atoms with Crippen molar-refractivity contribution < 1.29 is 4.74 Å². The number of rotatable bonds is 8. The number of benzene rings is 2. The summed E-state index contributed by atoms with van der Waals surface area (Å²) < 4.78 is 5.68. The van der Waals surface area contributed by atoms with E-state index in [0.717, 1.165) is 48.8 Å². The van der Waals surface area contributed by atoms with Crippen LogP contribution in [0.5, 0.6) is 5.75 Å². The van der Waals surface area contributed by atoms with Crippen LogP contribution in [0, 0.1) is 0 Å². The molecule has 126 valence electrons. The molecule has 0 amide bonds. The van der Waals surface area contributed by atoms with Crippen LogP contribution < -0.4 is 10.1 Å². The van der Waals surface area contributed by atoms with Crippen LogP contribution >= 0.6 is 11.6 Å². The van der Waals surface area contributed by atoms with Crippen molar-refractivity contribution in [2.75, 3.05) is 13.2 Å². The number of aromatic nitrogens is 1. The Morgan fingerprint density at radius 1 is 1.17 bits per heavy atom. The first-order valence-electron chi connectivity index (χ1n) is 8.44. The van der Waals surface area contributed by atoms with E-state index in [1.807, 2.05) is 30.3 Å². The maximum absolute atomic E-state index is 6.10. The molecule has 1 heterocycles. The summed E-state index contributed by atoms with van der Waals surface area (Å²) in [6.45, 7) is 4.63. The van der Waals surface area contributed by atoms with Gasteiger partial charge >= 0.3 is 0 Å². The Morgan fingerprint density at radius 2 is 2.08 bits per heavy atom. The quantitative estimate of drug-likeness (QED) is 0.569. The topological polar surface area (TPSA) is 37.0 Å². The number of hydrogen-bond acceptors (Lipinski definition) is 2. The summed E-state index contributed by atoms with van der Waals surface area (Å²) in [5.74, 6) is 0.947. The predicted octanol–water partition coefficient (Wildman–Crippen LogP) is 4.94. The molecule has 0 spiro atoms. The van der Waals surface area contributed by atoms with Crippen molar-refractivity contribution in [2.45, 2.75) is 26.3 Å². The second-order valence-electron chi connectivity index (χ2n) is 5.93. The molecule has 2 N–H and O–H groups in total. The van der Waals surface area contributed by atoms with Crippen LogP contribution in [-0.2, 0) is 13.0 Å². The number of H-pyrrole nitrogens is 1. The second kappa shape index (κ2) is 8.22. The molecule has 1 aromatic heterocycles. The maximum atomic E-state index is 6.10. The van der Waals surface area contributed by atoms with Crippen molar-refractivity contribution in [3.8, 4) is 5.75 Å². The van der Waals surface area contributed by atoms with Gasteiger partial charge in [-0.2, -0.15) is 0 Å². The SMILES string of the molecule is CCCOc1cccc(CNCCc2c[nH]c3ccc(Cl)cc23)c1. The van der Waals surface area contributed by atoms with Crippen LogP contribution in [0.1, 0.15) is 24.5 Å². The zero-order chi connectivity index (χ0) is 16.8. The first kappa shape index (κ1) is 16.9. The number of ether oxygens (including phenoxy) is 1. The monoisotopic (exact) mass is 342 g/mol. The number of aromatic amines is 1. The van der Waals surface area contributed by atoms with Crippen molar-refractivity contribution in [3.05, 3.63) is 64.8 Å². The molecule has 2 aromatic carbocycles. The zero-order valence-corrected chi connectivity index (χ0v) is 14.7. The van der Waals surface area contributed by atoms with Gasteiger partial charge in [-0.05, 0) is 60.8 Å². The predicted molar refractivity (Wildman–Crippen MR) is 101 cm³/mol. The van der Waals surface area contributed by atoms with Gasteiger partial charge in [0.1, 0.15) is 5.75 Å². The Labute approximate surface area is 148 Å². The van der Waals surface area contributed by atoms with Gasteiger partial charge in [0.2, 0.25) is 0 Å². The highest BCUT2D eigenvalue weighted by molar-refractivity contribution is 6.31. The molecule has 0 saturated heterocycles. The number of nitrogens with one attached hydrogen (secondary N) is 2. The molecular weight excluding hydrogens is 320 g/mol. The van der Waals surface area contributed by atoms with Gasteiger partial charge in [-0.15, -0.1) is 0 Å². The molecular formula is C20H23ClN2O. The largest absolute Gasteiger partial charge is 0.494 e. The van der Waals surface area contributed by atoms with Crippen LogP contribution in [0.25, 0.3) is 10.9 Å². The summed E-state index contributed by atoms with van der Waals surface area (Å²) in [7, 11) is 0. The summed E-state index contributed by atoms with van der Waals surface area (Å²) in [6, 6.07) is 14.2. The van der Waals surface area contributed by atoms with Gasteiger partial charge in [-0.3, -0.25) is 0 Å². The molecule has 4 heteroatoms. The zero-order valence-electron chi connectivity index (χ0n) is 13.9. The third-order valence-electron chi connectivity index (χ3n) is 4.00. The molecule has 3 rings (SSSR count). The van der Waals surface area contributed by atoms with Crippen molar-refractivity contribution >= 4 is 22.5 Å². The molecule has 3 nitrogen and oxygen atoms in total. The fourth-order valence-electron chi connectivity index (χ4n) is 2.78. The fraction of sp³-hybridized carbons (Fsp3) is 0.300. The third-order valence-corrected chi connectivity index (χ3v) is 4.24. The molecule has 3 aromatic rings. The standard InChI is InChI=1S/C20H23ClN2O/c1-2-10-24-18-5-3-4-15(11-18)13-22-9-8-16-14-23-20-7-6-17(21)12-19(16)20/h3-7,11-12,14,22-23H,2,8-10,13H2,1H3. The average molecular weight is 343 g/mol. The number of halogens is 1. The lowest BCUT2D eigenvalue weighted by atomic mass is 10.1. The molecule has 0 radical (unpaired) electrons. The highest BCUT2D eigenvalue weighted by Gasteiger charge is 2.04. The molecule has 0 bridgehead atoms. The van der Waals surface area contributed by atoms with E-state index in [-0.39, 0.29) is 0 Å². The highest BCUT2D eigenvalue weighted by atomic mass is 35.5. The van der Waals surface area contributed by atoms with E-state index in [9.17, 15) is 0 Å². The lowest BCUT2D eigenvalue weighted by Gasteiger charge is -2.08. The molecule has 0 aliphatic heterocycles. The van der Waals surface area contributed by atoms with E-state index in [0.29, 0.717) is 0 Å². The van der Waals surface area contributed by atoms with Crippen molar-refractivity contribution in [3.63, 3.8) is 0 Å². The van der Waals surface area contributed by atoms with E-state index in [2.05, 4.69) is 35.6 Å². The smallest absolute Gasteiger partial charge is 0.119 e. The van der Waals surface area contributed by atoms with Crippen LogP contribution in [0.3, 0.4) is 0 Å². The van der Waals surface area contributed by atoms with Crippen molar-refractivity contribution in [1.29, 1.82) is 0 Å². The fourth-order valence-corrected chi connectivity index (χ4v) is 2.95. The molecule has 0 saturated carbocycles. The Morgan fingerprint density at radius 3 is 2.96 bits per heavy atom. The molecule has 24 heavy (non-hydrogen) atoms. The van der Waals surface area contributed by atoms with Gasteiger partial charge < -0.3 is 15.0 Å². The summed E-state index contributed by atoms with van der Waals surface area (Å²) in [6.07, 6.45) is 4.06. The molecule has 0 fully saturated rings. The van der Waals surface area contributed by atoms with Crippen molar-refractivity contribution in [1.82, 2.24) is 10.3 Å². The maximum Gasteiger partial charge on any atom is 0.119 e. The molecule has 0 unspecified atom stereocenters. The molecule has 0 aliphatic carbocycles. The third kappa shape index (κ3) is 4.31. The summed E-state index contributed by atoms with van der Waals surface area (Å²) in [4.78, 5) is 3.30. The number of hydrogen-bond donors (Lipinski definition) is 2. The van der Waals surface area contributed by atoms with Gasteiger partial charge in [-0.25, -0.2) is 0 Å². The minimum atomic E-state index is 0.764. The second-order valence-corrected chi connectivity index (χ2v) is 6.36. The van der Waals surface area contributed by atoms with Gasteiger partial charge in [0, 0.05) is 28.7 Å². The Hall–Kier alpha value is -1.97. The van der Waals surface area contributed by atoms with Crippen LogP contribution in [0.2, 0.25) is 5.02 Å². The molecule has 0 atom stereocenters. The van der Waals surface area contributed by atoms with Crippen LogP contribution in [0.15, 0.2) is 48.7 Å².